The third-order valence-corrected chi connectivity index (χ3v) is 4.48. The quantitative estimate of drug-likeness (QED) is 0.800. The lowest BCUT2D eigenvalue weighted by atomic mass is 9.78. The SMILES string of the molecule is COc1c(C)cnc(CC(CN)(CO)CC2CC2)c1C. The fourth-order valence-corrected chi connectivity index (χ4v) is 2.95. The van der Waals surface area contributed by atoms with Crippen molar-refractivity contribution in [3.63, 3.8) is 0 Å². The molecule has 1 atom stereocenters. The van der Waals surface area contributed by atoms with Crippen molar-refractivity contribution in [3.05, 3.63) is 23.0 Å². The molecule has 1 aromatic rings. The number of aryl methyl sites for hydroxylation is 1. The smallest absolute Gasteiger partial charge is 0.128 e. The van der Waals surface area contributed by atoms with Crippen LogP contribution in [0, 0.1) is 25.2 Å². The van der Waals surface area contributed by atoms with Gasteiger partial charge in [-0.2, -0.15) is 0 Å². The standard InChI is InChI=1S/C16H26N2O2/c1-11-8-18-14(12(2)15(11)20-3)7-16(9-17,10-19)6-13-4-5-13/h8,13,19H,4-7,9-10,17H2,1-3H3. The zero-order chi connectivity index (χ0) is 14.8. The van der Waals surface area contributed by atoms with Crippen LogP contribution >= 0.6 is 0 Å². The fourth-order valence-electron chi connectivity index (χ4n) is 2.95. The second kappa shape index (κ2) is 6.10. The molecule has 0 radical (unpaired) electrons. The van der Waals surface area contributed by atoms with Crippen molar-refractivity contribution in [2.45, 2.75) is 39.5 Å². The third kappa shape index (κ3) is 3.13. The van der Waals surface area contributed by atoms with Gasteiger partial charge in [-0.1, -0.05) is 12.8 Å². The largest absolute Gasteiger partial charge is 0.496 e. The molecule has 1 fully saturated rings. The van der Waals surface area contributed by atoms with Gasteiger partial charge in [0.15, 0.2) is 0 Å². The molecule has 0 spiro atoms. The molecule has 3 N–H and O–H groups in total. The second-order valence-corrected chi connectivity index (χ2v) is 6.23. The Hall–Kier alpha value is -1.13. The first kappa shape index (κ1) is 15.3. The highest BCUT2D eigenvalue weighted by Gasteiger charge is 2.36. The van der Waals surface area contributed by atoms with Crippen molar-refractivity contribution >= 4 is 0 Å². The highest BCUT2D eigenvalue weighted by Crippen LogP contribution is 2.42. The monoisotopic (exact) mass is 278 g/mol. The van der Waals surface area contributed by atoms with Crippen LogP contribution in [-0.4, -0.2) is 30.4 Å². The van der Waals surface area contributed by atoms with Crippen molar-refractivity contribution in [2.24, 2.45) is 17.1 Å². The first-order chi connectivity index (χ1) is 9.55. The third-order valence-electron chi connectivity index (χ3n) is 4.48. The molecule has 0 bridgehead atoms. The Morgan fingerprint density at radius 1 is 1.45 bits per heavy atom. The van der Waals surface area contributed by atoms with Gasteiger partial charge in [-0.3, -0.25) is 4.98 Å². The number of nitrogens with zero attached hydrogens (tertiary/aromatic N) is 1. The highest BCUT2D eigenvalue weighted by molar-refractivity contribution is 5.41. The van der Waals surface area contributed by atoms with Crippen molar-refractivity contribution in [2.75, 3.05) is 20.3 Å². The van der Waals surface area contributed by atoms with E-state index < -0.39 is 0 Å². The molecular weight excluding hydrogens is 252 g/mol. The average Bonchev–Trinajstić information content (AvgIpc) is 3.25. The van der Waals surface area contributed by atoms with E-state index in [-0.39, 0.29) is 12.0 Å². The zero-order valence-corrected chi connectivity index (χ0v) is 12.8. The summed E-state index contributed by atoms with van der Waals surface area (Å²) in [6.45, 7) is 4.65. The van der Waals surface area contributed by atoms with Gasteiger partial charge in [0.1, 0.15) is 5.75 Å². The minimum absolute atomic E-state index is 0.122. The van der Waals surface area contributed by atoms with Crippen LogP contribution in [0.4, 0.5) is 0 Å². The maximum absolute atomic E-state index is 9.85. The maximum atomic E-state index is 9.85. The summed E-state index contributed by atoms with van der Waals surface area (Å²) in [5.74, 6) is 1.63. The first-order valence-electron chi connectivity index (χ1n) is 7.35. The van der Waals surface area contributed by atoms with Crippen LogP contribution in [-0.2, 0) is 6.42 Å². The first-order valence-corrected chi connectivity index (χ1v) is 7.35. The summed E-state index contributed by atoms with van der Waals surface area (Å²) in [7, 11) is 1.69. The van der Waals surface area contributed by atoms with Gasteiger partial charge in [0.25, 0.3) is 0 Å². The molecule has 1 unspecified atom stereocenters. The Morgan fingerprint density at radius 3 is 2.65 bits per heavy atom. The van der Waals surface area contributed by atoms with Crippen LogP contribution in [0.5, 0.6) is 5.75 Å². The Balaban J connectivity index is 2.26. The molecule has 0 aliphatic heterocycles. The van der Waals surface area contributed by atoms with E-state index in [2.05, 4.69) is 4.98 Å². The van der Waals surface area contributed by atoms with Crippen LogP contribution in [0.2, 0.25) is 0 Å². The van der Waals surface area contributed by atoms with E-state index in [0.717, 1.165) is 41.3 Å². The predicted molar refractivity (Wildman–Crippen MR) is 79.9 cm³/mol. The molecule has 1 aromatic heterocycles. The van der Waals surface area contributed by atoms with Crippen molar-refractivity contribution in [1.82, 2.24) is 4.98 Å². The molecule has 1 heterocycles. The molecule has 0 saturated heterocycles. The molecule has 112 valence electrons. The van der Waals surface area contributed by atoms with E-state index >= 15 is 0 Å². The summed E-state index contributed by atoms with van der Waals surface area (Å²) in [5, 5.41) is 9.85. The van der Waals surface area contributed by atoms with Gasteiger partial charge >= 0.3 is 0 Å². The lowest BCUT2D eigenvalue weighted by Crippen LogP contribution is -2.37. The number of methoxy groups -OCH3 is 1. The van der Waals surface area contributed by atoms with Crippen LogP contribution < -0.4 is 10.5 Å². The number of hydrogen-bond acceptors (Lipinski definition) is 4. The fraction of sp³-hybridized carbons (Fsp3) is 0.688. The molecule has 1 saturated carbocycles. The van der Waals surface area contributed by atoms with Gasteiger partial charge in [0.2, 0.25) is 0 Å². The van der Waals surface area contributed by atoms with Crippen LogP contribution in [0.1, 0.15) is 36.1 Å². The van der Waals surface area contributed by atoms with Crippen molar-refractivity contribution in [3.8, 4) is 5.75 Å². The summed E-state index contributed by atoms with van der Waals surface area (Å²) in [6.07, 6.45) is 6.10. The summed E-state index contributed by atoms with van der Waals surface area (Å²) < 4.78 is 5.46. The Labute approximate surface area is 121 Å². The van der Waals surface area contributed by atoms with E-state index in [0.29, 0.717) is 6.54 Å². The molecule has 20 heavy (non-hydrogen) atoms. The van der Waals surface area contributed by atoms with Gasteiger partial charge in [-0.15, -0.1) is 0 Å². The molecule has 2 rings (SSSR count). The van der Waals surface area contributed by atoms with Crippen molar-refractivity contribution < 1.29 is 9.84 Å². The lowest BCUT2D eigenvalue weighted by molar-refractivity contribution is 0.114. The number of ether oxygens (including phenoxy) is 1. The van der Waals surface area contributed by atoms with Gasteiger partial charge in [-0.25, -0.2) is 0 Å². The van der Waals surface area contributed by atoms with E-state index in [1.165, 1.54) is 12.8 Å². The van der Waals surface area contributed by atoms with E-state index in [1.807, 2.05) is 20.0 Å². The highest BCUT2D eigenvalue weighted by atomic mass is 16.5. The van der Waals surface area contributed by atoms with Crippen LogP contribution in [0.3, 0.4) is 0 Å². The summed E-state index contributed by atoms with van der Waals surface area (Å²) >= 11 is 0. The molecule has 0 aromatic carbocycles. The number of pyridine rings is 1. The lowest BCUT2D eigenvalue weighted by Gasteiger charge is -2.31. The summed E-state index contributed by atoms with van der Waals surface area (Å²) in [4.78, 5) is 4.55. The normalized spacial score (nSPS) is 17.9. The number of aliphatic hydroxyl groups excluding tert-OH is 1. The van der Waals surface area contributed by atoms with Gasteiger partial charge in [-0.05, 0) is 32.6 Å². The molecular formula is C16H26N2O2. The minimum atomic E-state index is -0.237. The number of hydrogen-bond donors (Lipinski definition) is 2. The summed E-state index contributed by atoms with van der Waals surface area (Å²) in [5.41, 5.74) is 8.83. The topological polar surface area (TPSA) is 68.4 Å². The maximum Gasteiger partial charge on any atom is 0.128 e. The van der Waals surface area contributed by atoms with Crippen LogP contribution in [0.15, 0.2) is 6.20 Å². The second-order valence-electron chi connectivity index (χ2n) is 6.23. The number of rotatable bonds is 7. The molecule has 4 heteroatoms. The average molecular weight is 278 g/mol. The molecule has 1 aliphatic rings. The van der Waals surface area contributed by atoms with Gasteiger partial charge < -0.3 is 15.6 Å². The summed E-state index contributed by atoms with van der Waals surface area (Å²) in [6, 6.07) is 0. The molecule has 0 amide bonds. The number of nitrogens with two attached hydrogens (primary N) is 1. The number of aliphatic hydroxyl groups is 1. The van der Waals surface area contributed by atoms with Crippen LogP contribution in [0.25, 0.3) is 0 Å². The molecule has 4 nitrogen and oxygen atoms in total. The van der Waals surface area contributed by atoms with E-state index in [9.17, 15) is 5.11 Å². The Kier molecular flexibility index (Phi) is 4.66. The number of aromatic nitrogens is 1. The zero-order valence-electron chi connectivity index (χ0n) is 12.8. The van der Waals surface area contributed by atoms with Gasteiger partial charge in [0.05, 0.1) is 13.7 Å². The van der Waals surface area contributed by atoms with Gasteiger partial charge in [0, 0.05) is 35.0 Å². The van der Waals surface area contributed by atoms with Crippen molar-refractivity contribution in [1.29, 1.82) is 0 Å². The van der Waals surface area contributed by atoms with E-state index in [1.54, 1.807) is 7.11 Å². The Bertz CT molecular complexity index is 466. The van der Waals surface area contributed by atoms with E-state index in [4.69, 9.17) is 10.5 Å². The Morgan fingerprint density at radius 2 is 2.15 bits per heavy atom. The molecule has 1 aliphatic carbocycles. The predicted octanol–water partition coefficient (Wildman–Crippen LogP) is 1.99. The minimum Gasteiger partial charge on any atom is -0.496 e.